The highest BCUT2D eigenvalue weighted by Gasteiger charge is 2.56. The summed E-state index contributed by atoms with van der Waals surface area (Å²) in [5.41, 5.74) is 7.40. The molecule has 1 saturated heterocycles. The van der Waals surface area contributed by atoms with Gasteiger partial charge in [0.1, 0.15) is 18.5 Å². The summed E-state index contributed by atoms with van der Waals surface area (Å²) in [6.07, 6.45) is 18.1. The Kier molecular flexibility index (Phi) is 4.16. The lowest BCUT2D eigenvalue weighted by molar-refractivity contribution is -0.00985. The minimum Gasteiger partial charge on any atom is -0.490 e. The second-order valence-electron chi connectivity index (χ2n) is 14.2. The standard InChI is InChI=1S/C31H42O2/c1-18-3-27(30-10-20-4-21(11-30)6-22(5-20)12-30)19(2)28(29(18)33-17-26-16-32-26)31-13-23-7-24(14-31)9-25(8-23)15-31/h3,20-26H,4-17H2,1-2H3. The maximum Gasteiger partial charge on any atom is 0.126 e. The van der Waals surface area contributed by atoms with Crippen molar-refractivity contribution in [3.8, 4) is 5.75 Å². The largest absolute Gasteiger partial charge is 0.490 e. The van der Waals surface area contributed by atoms with Gasteiger partial charge in [-0.15, -0.1) is 0 Å². The minimum atomic E-state index is 0.330. The second-order valence-corrected chi connectivity index (χ2v) is 14.2. The zero-order valence-corrected chi connectivity index (χ0v) is 20.8. The van der Waals surface area contributed by atoms with Gasteiger partial charge in [-0.3, -0.25) is 0 Å². The average molecular weight is 447 g/mol. The molecule has 9 fully saturated rings. The van der Waals surface area contributed by atoms with E-state index in [1.54, 1.807) is 16.7 Å². The van der Waals surface area contributed by atoms with Crippen molar-refractivity contribution in [1.29, 1.82) is 0 Å². The van der Waals surface area contributed by atoms with Crippen molar-refractivity contribution in [1.82, 2.24) is 0 Å². The van der Waals surface area contributed by atoms with Gasteiger partial charge in [0.15, 0.2) is 0 Å². The van der Waals surface area contributed by atoms with Gasteiger partial charge in [0.05, 0.1) is 6.61 Å². The van der Waals surface area contributed by atoms with Gasteiger partial charge in [-0.1, -0.05) is 6.07 Å². The predicted octanol–water partition coefficient (Wildman–Crippen LogP) is 7.02. The van der Waals surface area contributed by atoms with Crippen molar-refractivity contribution in [2.75, 3.05) is 13.2 Å². The van der Waals surface area contributed by atoms with Crippen molar-refractivity contribution >= 4 is 0 Å². The molecule has 10 rings (SSSR count). The Morgan fingerprint density at radius 2 is 1.21 bits per heavy atom. The van der Waals surface area contributed by atoms with Crippen LogP contribution in [0.15, 0.2) is 6.07 Å². The molecule has 1 atom stereocenters. The van der Waals surface area contributed by atoms with E-state index in [0.717, 1.165) is 48.7 Å². The first-order valence-electron chi connectivity index (χ1n) is 14.4. The summed E-state index contributed by atoms with van der Waals surface area (Å²) in [5.74, 6) is 7.19. The summed E-state index contributed by atoms with van der Waals surface area (Å²) in [7, 11) is 0. The molecule has 1 heterocycles. The van der Waals surface area contributed by atoms with Crippen LogP contribution in [0, 0.1) is 49.4 Å². The molecule has 0 radical (unpaired) electrons. The van der Waals surface area contributed by atoms with Crippen LogP contribution >= 0.6 is 0 Å². The SMILES string of the molecule is Cc1cc(C23CC4CC(CC(C4)C2)C3)c(C)c(C23CC4CC(CC(C4)C2)C3)c1OCC1CO1. The third kappa shape index (κ3) is 3.01. The third-order valence-corrected chi connectivity index (χ3v) is 11.7. The monoisotopic (exact) mass is 446 g/mol. The highest BCUT2D eigenvalue weighted by molar-refractivity contribution is 5.57. The van der Waals surface area contributed by atoms with E-state index in [4.69, 9.17) is 9.47 Å². The molecule has 1 aliphatic heterocycles. The summed E-state index contributed by atoms with van der Waals surface area (Å²) < 4.78 is 12.3. The fraction of sp³-hybridized carbons (Fsp3) is 0.806. The number of ether oxygens (including phenoxy) is 2. The van der Waals surface area contributed by atoms with Crippen LogP contribution in [-0.2, 0) is 15.6 Å². The Balaban J connectivity index is 1.28. The molecule has 0 spiro atoms. The van der Waals surface area contributed by atoms with E-state index in [1.165, 1.54) is 88.4 Å². The first-order chi connectivity index (χ1) is 16.0. The molecule has 9 aliphatic rings. The van der Waals surface area contributed by atoms with Crippen LogP contribution in [0.2, 0.25) is 0 Å². The molecule has 8 aliphatic carbocycles. The van der Waals surface area contributed by atoms with E-state index < -0.39 is 0 Å². The van der Waals surface area contributed by atoms with Gasteiger partial charge in [-0.05, 0) is 149 Å². The highest BCUT2D eigenvalue weighted by atomic mass is 16.6. The molecular formula is C31H42O2. The highest BCUT2D eigenvalue weighted by Crippen LogP contribution is 2.65. The van der Waals surface area contributed by atoms with Crippen molar-refractivity contribution in [2.45, 2.75) is 108 Å². The lowest BCUT2D eigenvalue weighted by Crippen LogP contribution is -2.50. The number of hydrogen-bond donors (Lipinski definition) is 0. The van der Waals surface area contributed by atoms with Gasteiger partial charge in [-0.25, -0.2) is 0 Å². The molecule has 8 bridgehead atoms. The van der Waals surface area contributed by atoms with E-state index >= 15 is 0 Å². The van der Waals surface area contributed by atoms with Crippen LogP contribution in [0.5, 0.6) is 5.75 Å². The lowest BCUT2D eigenvalue weighted by Gasteiger charge is -2.59. The van der Waals surface area contributed by atoms with Crippen molar-refractivity contribution in [3.63, 3.8) is 0 Å². The van der Waals surface area contributed by atoms with Crippen molar-refractivity contribution < 1.29 is 9.47 Å². The molecule has 0 N–H and O–H groups in total. The summed E-state index contributed by atoms with van der Waals surface area (Å²) in [4.78, 5) is 0. The predicted molar refractivity (Wildman–Crippen MR) is 131 cm³/mol. The lowest BCUT2D eigenvalue weighted by atomic mass is 9.45. The Morgan fingerprint density at radius 1 is 0.758 bits per heavy atom. The Morgan fingerprint density at radius 3 is 1.67 bits per heavy atom. The summed E-state index contributed by atoms with van der Waals surface area (Å²) in [6, 6.07) is 2.62. The molecule has 0 amide bonds. The quantitative estimate of drug-likeness (QED) is 0.453. The third-order valence-electron chi connectivity index (χ3n) is 11.7. The van der Waals surface area contributed by atoms with Crippen LogP contribution < -0.4 is 4.74 Å². The summed E-state index contributed by atoms with van der Waals surface area (Å²) in [6.45, 7) is 6.53. The van der Waals surface area contributed by atoms with Gasteiger partial charge in [0, 0.05) is 11.0 Å². The van der Waals surface area contributed by atoms with E-state index in [2.05, 4.69) is 19.9 Å². The molecule has 1 aromatic rings. The molecule has 2 heteroatoms. The first kappa shape index (κ1) is 20.2. The van der Waals surface area contributed by atoms with E-state index in [1.807, 2.05) is 0 Å². The zero-order valence-electron chi connectivity index (χ0n) is 20.8. The molecule has 178 valence electrons. The second kappa shape index (κ2) is 6.80. The molecule has 1 unspecified atom stereocenters. The fourth-order valence-electron chi connectivity index (χ4n) is 11.5. The fourth-order valence-corrected chi connectivity index (χ4v) is 11.5. The number of hydrogen-bond acceptors (Lipinski definition) is 2. The van der Waals surface area contributed by atoms with Crippen LogP contribution in [0.25, 0.3) is 0 Å². The maximum atomic E-state index is 6.71. The van der Waals surface area contributed by atoms with Crippen molar-refractivity contribution in [3.05, 3.63) is 28.3 Å². The Bertz CT molecular complexity index is 915. The zero-order chi connectivity index (χ0) is 21.9. The van der Waals surface area contributed by atoms with Crippen LogP contribution in [-0.4, -0.2) is 19.3 Å². The molecule has 1 aromatic carbocycles. The van der Waals surface area contributed by atoms with Crippen LogP contribution in [0.1, 0.15) is 99.3 Å². The van der Waals surface area contributed by atoms with Crippen LogP contribution in [0.4, 0.5) is 0 Å². The maximum absolute atomic E-state index is 6.71. The Hall–Kier alpha value is -1.02. The molecular weight excluding hydrogens is 404 g/mol. The topological polar surface area (TPSA) is 21.8 Å². The number of rotatable bonds is 5. The van der Waals surface area contributed by atoms with E-state index in [9.17, 15) is 0 Å². The van der Waals surface area contributed by atoms with E-state index in [-0.39, 0.29) is 0 Å². The van der Waals surface area contributed by atoms with Crippen LogP contribution in [0.3, 0.4) is 0 Å². The normalized spacial score (nSPS) is 48.5. The van der Waals surface area contributed by atoms with E-state index in [0.29, 0.717) is 16.9 Å². The number of epoxide rings is 1. The average Bonchev–Trinajstić information content (AvgIpc) is 3.56. The van der Waals surface area contributed by atoms with Gasteiger partial charge < -0.3 is 9.47 Å². The van der Waals surface area contributed by atoms with Crippen molar-refractivity contribution in [2.24, 2.45) is 35.5 Å². The molecule has 0 aromatic heterocycles. The van der Waals surface area contributed by atoms with Gasteiger partial charge >= 0.3 is 0 Å². The first-order valence-corrected chi connectivity index (χ1v) is 14.4. The molecule has 2 nitrogen and oxygen atoms in total. The van der Waals surface area contributed by atoms with Gasteiger partial charge in [0.2, 0.25) is 0 Å². The minimum absolute atomic E-state index is 0.330. The molecule has 33 heavy (non-hydrogen) atoms. The van der Waals surface area contributed by atoms with Gasteiger partial charge in [-0.2, -0.15) is 0 Å². The summed E-state index contributed by atoms with van der Waals surface area (Å²) in [5, 5.41) is 0. The number of aryl methyl sites for hydroxylation is 1. The van der Waals surface area contributed by atoms with Gasteiger partial charge in [0.25, 0.3) is 0 Å². The smallest absolute Gasteiger partial charge is 0.126 e. The summed E-state index contributed by atoms with van der Waals surface area (Å²) >= 11 is 0. The molecule has 8 saturated carbocycles. The number of benzene rings is 1. The Labute approximate surface area is 200 Å².